The maximum Gasteiger partial charge on any atom is 0.220 e. The van der Waals surface area contributed by atoms with Crippen LogP contribution in [0.25, 0.3) is 0 Å². The van der Waals surface area contributed by atoms with Gasteiger partial charge in [-0.25, -0.2) is 0 Å². The summed E-state index contributed by atoms with van der Waals surface area (Å²) in [5, 5.41) is 24.4. The van der Waals surface area contributed by atoms with E-state index in [1.165, 1.54) is 0 Å². The number of aliphatic hydroxyl groups excluding tert-OH is 1. The minimum Gasteiger partial charge on any atom is -0.508 e. The van der Waals surface area contributed by atoms with Crippen LogP contribution in [-0.4, -0.2) is 71.3 Å². The van der Waals surface area contributed by atoms with Gasteiger partial charge in [0.05, 0.1) is 24.8 Å². The molecule has 0 saturated carbocycles. The number of benzene rings is 1. The second-order valence-corrected chi connectivity index (χ2v) is 7.61. The quantitative estimate of drug-likeness (QED) is 0.548. The topological polar surface area (TPSA) is 117 Å². The molecule has 3 saturated heterocycles. The third-order valence-electron chi connectivity index (χ3n) is 6.00. The van der Waals surface area contributed by atoms with E-state index in [4.69, 9.17) is 15.2 Å². The Hall–Kier alpha value is -1.71. The van der Waals surface area contributed by atoms with E-state index in [1.54, 1.807) is 12.1 Å². The zero-order chi connectivity index (χ0) is 19.0. The van der Waals surface area contributed by atoms with E-state index in [0.29, 0.717) is 39.1 Å². The Labute approximate surface area is 158 Å². The molecule has 0 unspecified atom stereocenters. The summed E-state index contributed by atoms with van der Waals surface area (Å²) in [5.74, 6) is -0.133. The number of para-hydroxylation sites is 1. The minimum atomic E-state index is -0.674. The van der Waals surface area contributed by atoms with Gasteiger partial charge in [-0.05, 0) is 32.0 Å². The lowest BCUT2D eigenvalue weighted by atomic mass is 9.90. The van der Waals surface area contributed by atoms with E-state index in [-0.39, 0.29) is 35.8 Å². The van der Waals surface area contributed by atoms with Gasteiger partial charge in [-0.15, -0.1) is 0 Å². The van der Waals surface area contributed by atoms with Gasteiger partial charge in [0.2, 0.25) is 5.91 Å². The van der Waals surface area contributed by atoms with Crippen LogP contribution in [0.15, 0.2) is 24.3 Å². The van der Waals surface area contributed by atoms with Crippen LogP contribution >= 0.6 is 0 Å². The zero-order valence-electron chi connectivity index (χ0n) is 15.2. The maximum atomic E-state index is 11.4. The lowest BCUT2D eigenvalue weighted by Gasteiger charge is -2.46. The number of likely N-dealkylation sites (tertiary alicyclic amines) is 1. The fourth-order valence-electron chi connectivity index (χ4n) is 4.41. The second kappa shape index (κ2) is 7.73. The average molecular weight is 377 g/mol. The highest BCUT2D eigenvalue weighted by Gasteiger charge is 2.52. The number of hydrogen-bond acceptors (Lipinski definition) is 7. The molecule has 0 aromatic heterocycles. The fourth-order valence-corrected chi connectivity index (χ4v) is 4.41. The van der Waals surface area contributed by atoms with Crippen molar-refractivity contribution in [2.75, 3.05) is 19.7 Å². The van der Waals surface area contributed by atoms with Gasteiger partial charge in [0.25, 0.3) is 0 Å². The number of fused-ring (bicyclic) bond motifs is 2. The van der Waals surface area contributed by atoms with E-state index in [2.05, 4.69) is 10.2 Å². The number of piperidine rings is 1. The Balaban J connectivity index is 1.43. The molecule has 3 fully saturated rings. The molecule has 3 aliphatic rings. The van der Waals surface area contributed by atoms with Crippen LogP contribution in [0.2, 0.25) is 0 Å². The van der Waals surface area contributed by atoms with Crippen LogP contribution in [0, 0.1) is 5.92 Å². The first-order chi connectivity index (χ1) is 13.0. The van der Waals surface area contributed by atoms with Gasteiger partial charge in [-0.2, -0.15) is 0 Å². The van der Waals surface area contributed by atoms with Gasteiger partial charge in [-0.1, -0.05) is 18.2 Å². The number of rotatable bonds is 5. The monoisotopic (exact) mass is 377 g/mol. The lowest BCUT2D eigenvalue weighted by molar-refractivity contribution is -0.186. The molecule has 8 nitrogen and oxygen atoms in total. The number of carbonyl (C=O) groups excluding carboxylic acids is 1. The van der Waals surface area contributed by atoms with Crippen LogP contribution < -0.4 is 11.1 Å². The van der Waals surface area contributed by atoms with Crippen LogP contribution in [0.1, 0.15) is 18.4 Å². The van der Waals surface area contributed by atoms with Crippen molar-refractivity contribution in [1.29, 1.82) is 0 Å². The number of ether oxygens (including phenoxy) is 2. The highest BCUT2D eigenvalue weighted by Crippen LogP contribution is 2.33. The molecule has 27 heavy (non-hydrogen) atoms. The van der Waals surface area contributed by atoms with Crippen LogP contribution in [0.3, 0.4) is 0 Å². The Morgan fingerprint density at radius 1 is 1.30 bits per heavy atom. The largest absolute Gasteiger partial charge is 0.508 e. The minimum absolute atomic E-state index is 0.102. The Bertz CT molecular complexity index is 679. The van der Waals surface area contributed by atoms with Gasteiger partial charge < -0.3 is 30.7 Å². The van der Waals surface area contributed by atoms with E-state index < -0.39 is 12.4 Å². The van der Waals surface area contributed by atoms with Gasteiger partial charge in [-0.3, -0.25) is 9.69 Å². The molecular weight excluding hydrogens is 350 g/mol. The Morgan fingerprint density at radius 2 is 2.04 bits per heavy atom. The molecule has 0 spiro atoms. The number of nitrogens with zero attached hydrogens (tertiary/aromatic N) is 1. The molecular formula is C19H27N3O5. The first-order valence-corrected chi connectivity index (χ1v) is 9.53. The van der Waals surface area contributed by atoms with E-state index >= 15 is 0 Å². The number of aliphatic hydroxyl groups is 1. The average Bonchev–Trinajstić information content (AvgIpc) is 3.08. The summed E-state index contributed by atoms with van der Waals surface area (Å²) in [6.45, 7) is 2.20. The zero-order valence-corrected chi connectivity index (χ0v) is 15.2. The number of phenols is 1. The van der Waals surface area contributed by atoms with Crippen molar-refractivity contribution in [2.45, 2.75) is 50.0 Å². The third-order valence-corrected chi connectivity index (χ3v) is 6.00. The summed E-state index contributed by atoms with van der Waals surface area (Å²) in [6, 6.07) is 6.54. The molecule has 148 valence electrons. The van der Waals surface area contributed by atoms with Crippen molar-refractivity contribution >= 4 is 5.91 Å². The van der Waals surface area contributed by atoms with Crippen molar-refractivity contribution in [3.63, 3.8) is 0 Å². The van der Waals surface area contributed by atoms with E-state index in [0.717, 1.165) is 5.56 Å². The number of nitrogens with one attached hydrogen (secondary N) is 1. The number of primary amides is 1. The highest BCUT2D eigenvalue weighted by molar-refractivity contribution is 5.76. The molecule has 1 aromatic rings. The summed E-state index contributed by atoms with van der Waals surface area (Å²) in [6.07, 6.45) is 0.0100. The van der Waals surface area contributed by atoms with Crippen molar-refractivity contribution in [1.82, 2.24) is 10.2 Å². The normalized spacial score (nSPS) is 34.6. The molecule has 0 aliphatic carbocycles. The fraction of sp³-hybridized carbons (Fsp3) is 0.632. The molecule has 8 heteroatoms. The molecule has 2 bridgehead atoms. The van der Waals surface area contributed by atoms with Crippen molar-refractivity contribution < 1.29 is 24.5 Å². The van der Waals surface area contributed by atoms with E-state index in [9.17, 15) is 15.0 Å². The predicted molar refractivity (Wildman–Crippen MR) is 96.6 cm³/mol. The SMILES string of the molecule is NC(=O)C1CCN([C@H]2[C@@H]3OC[C@H](O3)[C@H](NCc3ccccc3O)[C@@H]2O)CC1. The first kappa shape index (κ1) is 18.6. The molecule has 5 atom stereocenters. The van der Waals surface area contributed by atoms with Crippen molar-refractivity contribution in [3.8, 4) is 5.75 Å². The lowest BCUT2D eigenvalue weighted by Crippen LogP contribution is -2.65. The van der Waals surface area contributed by atoms with Crippen LogP contribution in [-0.2, 0) is 20.8 Å². The summed E-state index contributed by atoms with van der Waals surface area (Å²) >= 11 is 0. The number of nitrogens with two attached hydrogens (primary N) is 1. The summed E-state index contributed by atoms with van der Waals surface area (Å²) in [7, 11) is 0. The molecule has 1 amide bonds. The van der Waals surface area contributed by atoms with E-state index in [1.807, 2.05) is 12.1 Å². The van der Waals surface area contributed by atoms with Crippen molar-refractivity contribution in [2.24, 2.45) is 11.7 Å². The molecule has 4 rings (SSSR count). The molecule has 1 aromatic carbocycles. The molecule has 3 heterocycles. The molecule has 0 radical (unpaired) electrons. The maximum absolute atomic E-state index is 11.4. The van der Waals surface area contributed by atoms with Crippen molar-refractivity contribution in [3.05, 3.63) is 29.8 Å². The number of aromatic hydroxyl groups is 1. The number of amides is 1. The second-order valence-electron chi connectivity index (χ2n) is 7.61. The smallest absolute Gasteiger partial charge is 0.220 e. The number of carbonyl (C=O) groups is 1. The summed E-state index contributed by atoms with van der Waals surface area (Å²) in [5.41, 5.74) is 6.19. The predicted octanol–water partition coefficient (Wildman–Crippen LogP) is -0.468. The summed E-state index contributed by atoms with van der Waals surface area (Å²) < 4.78 is 11.8. The third kappa shape index (κ3) is 3.68. The highest BCUT2D eigenvalue weighted by atomic mass is 16.7. The van der Waals surface area contributed by atoms with Gasteiger partial charge in [0, 0.05) is 18.0 Å². The number of phenolic OH excluding ortho intramolecular Hbond substituents is 1. The van der Waals surface area contributed by atoms with Crippen LogP contribution in [0.4, 0.5) is 0 Å². The van der Waals surface area contributed by atoms with Crippen LogP contribution in [0.5, 0.6) is 5.75 Å². The van der Waals surface area contributed by atoms with Gasteiger partial charge in [0.15, 0.2) is 6.29 Å². The summed E-state index contributed by atoms with van der Waals surface area (Å²) in [4.78, 5) is 13.5. The first-order valence-electron chi connectivity index (χ1n) is 9.53. The molecule has 3 aliphatic heterocycles. The number of hydrogen-bond donors (Lipinski definition) is 4. The Morgan fingerprint density at radius 3 is 2.74 bits per heavy atom. The molecule has 5 N–H and O–H groups in total. The Kier molecular flexibility index (Phi) is 5.34. The standard InChI is InChI=1S/C19H27N3O5/c20-18(25)11-5-7-22(8-6-11)16-17(24)15(14-10-26-19(16)27-14)21-9-12-3-1-2-4-13(12)23/h1-4,11,14-17,19,21,23-24H,5-10H2,(H2,20,25)/t14-,15-,16+,17-,19+/m0/s1. The van der Waals surface area contributed by atoms with Gasteiger partial charge >= 0.3 is 0 Å². The van der Waals surface area contributed by atoms with Gasteiger partial charge in [0.1, 0.15) is 11.9 Å².